The highest BCUT2D eigenvalue weighted by Crippen LogP contribution is 2.47. The van der Waals surface area contributed by atoms with Gasteiger partial charge in [-0.1, -0.05) is 0 Å². The summed E-state index contributed by atoms with van der Waals surface area (Å²) < 4.78 is 5.51. The van der Waals surface area contributed by atoms with E-state index in [9.17, 15) is 4.79 Å². The number of carbonyl (C=O) groups excluding carboxylic acids is 1. The van der Waals surface area contributed by atoms with Crippen LogP contribution in [0.3, 0.4) is 0 Å². The van der Waals surface area contributed by atoms with Gasteiger partial charge in [-0.15, -0.1) is 0 Å². The van der Waals surface area contributed by atoms with Crippen LogP contribution in [0.2, 0.25) is 0 Å². The Morgan fingerprint density at radius 1 is 1.22 bits per heavy atom. The van der Waals surface area contributed by atoms with Crippen LogP contribution in [0.1, 0.15) is 39.0 Å². The molecule has 2 saturated carbocycles. The highest BCUT2D eigenvalue weighted by atomic mass is 16.5. The van der Waals surface area contributed by atoms with E-state index in [0.29, 0.717) is 11.8 Å². The number of rotatable bonds is 2. The van der Waals surface area contributed by atoms with E-state index in [1.165, 1.54) is 19.3 Å². The van der Waals surface area contributed by atoms with Gasteiger partial charge in [-0.2, -0.15) is 0 Å². The Labute approximate surface area is 109 Å². The molecule has 3 N–H and O–H groups in total. The molecule has 2 aliphatic carbocycles. The molecule has 2 bridgehead atoms. The molecule has 0 aromatic heterocycles. The van der Waals surface area contributed by atoms with E-state index < -0.39 is 0 Å². The number of hydrogen-bond acceptors (Lipinski definition) is 3. The normalized spacial score (nSPS) is 47.2. The second-order valence-corrected chi connectivity index (χ2v) is 6.35. The summed E-state index contributed by atoms with van der Waals surface area (Å²) >= 11 is 0. The third kappa shape index (κ3) is 2.16. The van der Waals surface area contributed by atoms with E-state index in [1.54, 1.807) is 0 Å². The van der Waals surface area contributed by atoms with Crippen molar-refractivity contribution < 1.29 is 9.53 Å². The molecule has 3 aliphatic rings. The van der Waals surface area contributed by atoms with Gasteiger partial charge in [-0.05, 0) is 50.9 Å². The van der Waals surface area contributed by atoms with Crippen LogP contribution in [-0.4, -0.2) is 30.7 Å². The molecule has 4 nitrogen and oxygen atoms in total. The van der Waals surface area contributed by atoms with Crippen LogP contribution < -0.4 is 11.1 Å². The van der Waals surface area contributed by atoms with Crippen molar-refractivity contribution in [3.8, 4) is 0 Å². The highest BCUT2D eigenvalue weighted by Gasteiger charge is 2.49. The topological polar surface area (TPSA) is 64.4 Å². The first-order valence-electron chi connectivity index (χ1n) is 7.32. The summed E-state index contributed by atoms with van der Waals surface area (Å²) in [7, 11) is 0. The minimum Gasteiger partial charge on any atom is -0.378 e. The molecule has 1 heterocycles. The average Bonchev–Trinajstić information content (AvgIpc) is 2.89. The molecule has 6 atom stereocenters. The molecule has 18 heavy (non-hydrogen) atoms. The number of amides is 1. The van der Waals surface area contributed by atoms with Gasteiger partial charge in [-0.25, -0.2) is 0 Å². The van der Waals surface area contributed by atoms with E-state index in [1.807, 2.05) is 0 Å². The molecular weight excluding hydrogens is 228 g/mol. The highest BCUT2D eigenvalue weighted by molar-refractivity contribution is 5.80. The van der Waals surface area contributed by atoms with Crippen molar-refractivity contribution in [3.63, 3.8) is 0 Å². The molecule has 3 rings (SSSR count). The lowest BCUT2D eigenvalue weighted by Crippen LogP contribution is -2.49. The molecule has 0 aromatic rings. The number of ether oxygens (including phenoxy) is 1. The Hall–Kier alpha value is -0.610. The average molecular weight is 252 g/mol. The fraction of sp³-hybridized carbons (Fsp3) is 0.929. The zero-order valence-corrected chi connectivity index (χ0v) is 11.1. The van der Waals surface area contributed by atoms with Crippen LogP contribution in [0, 0.1) is 17.8 Å². The summed E-state index contributed by atoms with van der Waals surface area (Å²) in [6.07, 6.45) is 5.72. The van der Waals surface area contributed by atoms with E-state index in [2.05, 4.69) is 12.2 Å². The van der Waals surface area contributed by atoms with Crippen LogP contribution in [-0.2, 0) is 9.53 Å². The first kappa shape index (κ1) is 12.4. The van der Waals surface area contributed by atoms with Crippen molar-refractivity contribution in [2.75, 3.05) is 6.61 Å². The van der Waals surface area contributed by atoms with Gasteiger partial charge >= 0.3 is 0 Å². The molecule has 4 heteroatoms. The molecule has 0 aromatic carbocycles. The van der Waals surface area contributed by atoms with Crippen LogP contribution in [0.15, 0.2) is 0 Å². The van der Waals surface area contributed by atoms with Crippen LogP contribution >= 0.6 is 0 Å². The summed E-state index contributed by atoms with van der Waals surface area (Å²) in [5.41, 5.74) is 6.21. The summed E-state index contributed by atoms with van der Waals surface area (Å²) in [6.45, 7) is 2.83. The van der Waals surface area contributed by atoms with E-state index >= 15 is 0 Å². The van der Waals surface area contributed by atoms with Crippen LogP contribution in [0.25, 0.3) is 0 Å². The molecule has 1 aliphatic heterocycles. The van der Waals surface area contributed by atoms with Crippen molar-refractivity contribution in [3.05, 3.63) is 0 Å². The summed E-state index contributed by atoms with van der Waals surface area (Å²) in [5.74, 6) is 1.41. The molecule has 1 amide bonds. The monoisotopic (exact) mass is 252 g/mol. The Kier molecular flexibility index (Phi) is 3.32. The number of nitrogens with two attached hydrogens (primary N) is 1. The molecule has 6 unspecified atom stereocenters. The zero-order valence-electron chi connectivity index (χ0n) is 11.1. The maximum Gasteiger partial charge on any atom is 0.225 e. The fourth-order valence-electron chi connectivity index (χ4n) is 4.15. The summed E-state index contributed by atoms with van der Waals surface area (Å²) in [6, 6.07) is 0.383. The van der Waals surface area contributed by atoms with Gasteiger partial charge in [0.25, 0.3) is 0 Å². The number of carbonyl (C=O) groups is 1. The van der Waals surface area contributed by atoms with Gasteiger partial charge in [0.2, 0.25) is 5.91 Å². The number of fused-ring (bicyclic) bond motifs is 2. The van der Waals surface area contributed by atoms with Crippen molar-refractivity contribution in [2.45, 2.75) is 57.2 Å². The minimum absolute atomic E-state index is 0.0712. The molecule has 3 fully saturated rings. The number of hydrogen-bond donors (Lipinski definition) is 2. The summed E-state index contributed by atoms with van der Waals surface area (Å²) in [4.78, 5) is 12.4. The molecule has 0 radical (unpaired) electrons. The second kappa shape index (κ2) is 4.82. The Morgan fingerprint density at radius 2 is 2.00 bits per heavy atom. The SMILES string of the molecule is CC1CC(NC(=O)C2C3CCC(C3)C2N)CCO1. The predicted molar refractivity (Wildman–Crippen MR) is 68.9 cm³/mol. The maximum atomic E-state index is 12.4. The first-order valence-corrected chi connectivity index (χ1v) is 7.32. The first-order chi connectivity index (χ1) is 8.65. The number of nitrogens with one attached hydrogen (secondary N) is 1. The quantitative estimate of drug-likeness (QED) is 0.772. The largest absolute Gasteiger partial charge is 0.378 e. The van der Waals surface area contributed by atoms with Gasteiger partial charge in [0.15, 0.2) is 0 Å². The van der Waals surface area contributed by atoms with Gasteiger partial charge in [0.05, 0.1) is 12.0 Å². The van der Waals surface area contributed by atoms with Crippen LogP contribution in [0.5, 0.6) is 0 Å². The van der Waals surface area contributed by atoms with Gasteiger partial charge < -0.3 is 15.8 Å². The Balaban J connectivity index is 1.58. The fourth-order valence-corrected chi connectivity index (χ4v) is 4.15. The smallest absolute Gasteiger partial charge is 0.225 e. The van der Waals surface area contributed by atoms with Gasteiger partial charge in [0.1, 0.15) is 0 Å². The standard InChI is InChI=1S/C14H24N2O2/c1-8-6-11(4-5-18-8)16-14(17)12-9-2-3-10(7-9)13(12)15/h8-13H,2-7,15H2,1H3,(H,16,17). The van der Waals surface area contributed by atoms with Crippen molar-refractivity contribution >= 4 is 5.91 Å². The Bertz CT molecular complexity index is 332. The lowest BCUT2D eigenvalue weighted by atomic mass is 9.84. The van der Waals surface area contributed by atoms with E-state index in [-0.39, 0.29) is 30.0 Å². The molecular formula is C14H24N2O2. The van der Waals surface area contributed by atoms with E-state index in [4.69, 9.17) is 10.5 Å². The summed E-state index contributed by atoms with van der Waals surface area (Å²) in [5, 5.41) is 3.21. The van der Waals surface area contributed by atoms with Crippen LogP contribution in [0.4, 0.5) is 0 Å². The molecule has 102 valence electrons. The second-order valence-electron chi connectivity index (χ2n) is 6.35. The van der Waals surface area contributed by atoms with Gasteiger partial charge in [0, 0.05) is 18.7 Å². The molecule has 0 spiro atoms. The maximum absolute atomic E-state index is 12.4. The van der Waals surface area contributed by atoms with Crippen molar-refractivity contribution in [2.24, 2.45) is 23.5 Å². The molecule has 1 saturated heterocycles. The lowest BCUT2D eigenvalue weighted by molar-refractivity contribution is -0.128. The van der Waals surface area contributed by atoms with Crippen molar-refractivity contribution in [1.29, 1.82) is 0 Å². The zero-order chi connectivity index (χ0) is 12.7. The van der Waals surface area contributed by atoms with Crippen molar-refractivity contribution in [1.82, 2.24) is 5.32 Å². The third-order valence-electron chi connectivity index (χ3n) is 5.11. The predicted octanol–water partition coefficient (Wildman–Crippen LogP) is 1.04. The van der Waals surface area contributed by atoms with Gasteiger partial charge in [-0.3, -0.25) is 4.79 Å². The Morgan fingerprint density at radius 3 is 2.67 bits per heavy atom. The third-order valence-corrected chi connectivity index (χ3v) is 5.11. The lowest BCUT2D eigenvalue weighted by Gasteiger charge is -2.32. The minimum atomic E-state index is 0.0712. The van der Waals surface area contributed by atoms with E-state index in [0.717, 1.165) is 19.4 Å².